The Balaban J connectivity index is 2.54. The number of anilines is 2. The van der Waals surface area contributed by atoms with Crippen LogP contribution in [0.15, 0.2) is 12.1 Å². The first-order valence-electron chi connectivity index (χ1n) is 4.77. The number of benzene rings is 1. The van der Waals surface area contributed by atoms with E-state index in [1.165, 1.54) is 0 Å². The Kier molecular flexibility index (Phi) is 4.71. The van der Waals surface area contributed by atoms with Gasteiger partial charge in [0.15, 0.2) is 0 Å². The van der Waals surface area contributed by atoms with Gasteiger partial charge in [-0.3, -0.25) is 4.79 Å². The number of carbonyl (C=O) groups excluding carboxylic acids is 1. The highest BCUT2D eigenvalue weighted by molar-refractivity contribution is 6.42. The Hall–Kier alpha value is -1.13. The molecule has 1 aromatic rings. The van der Waals surface area contributed by atoms with E-state index in [9.17, 15) is 4.79 Å². The molecule has 4 nitrogen and oxygen atoms in total. The molecular formula is C10H13Cl2N3O. The summed E-state index contributed by atoms with van der Waals surface area (Å²) in [4.78, 5) is 10.5. The first-order valence-corrected chi connectivity index (χ1v) is 5.53. The molecule has 16 heavy (non-hydrogen) atoms. The van der Waals surface area contributed by atoms with Crippen LogP contribution < -0.4 is 16.8 Å². The summed E-state index contributed by atoms with van der Waals surface area (Å²) in [5, 5.41) is 3.92. The third kappa shape index (κ3) is 3.79. The van der Waals surface area contributed by atoms with Crippen LogP contribution >= 0.6 is 23.2 Å². The van der Waals surface area contributed by atoms with E-state index in [0.717, 1.165) is 0 Å². The van der Waals surface area contributed by atoms with Gasteiger partial charge in [-0.2, -0.15) is 0 Å². The van der Waals surface area contributed by atoms with Gasteiger partial charge in [-0.1, -0.05) is 23.2 Å². The molecule has 0 atom stereocenters. The Morgan fingerprint density at radius 2 is 1.94 bits per heavy atom. The molecular weight excluding hydrogens is 249 g/mol. The second-order valence-corrected chi connectivity index (χ2v) is 4.16. The number of primary amides is 1. The van der Waals surface area contributed by atoms with Crippen molar-refractivity contribution in [3.05, 3.63) is 22.2 Å². The van der Waals surface area contributed by atoms with Crippen LogP contribution in [0.25, 0.3) is 0 Å². The zero-order valence-electron chi connectivity index (χ0n) is 8.59. The third-order valence-corrected chi connectivity index (χ3v) is 2.73. The summed E-state index contributed by atoms with van der Waals surface area (Å²) in [6, 6.07) is 3.24. The molecule has 0 aliphatic carbocycles. The number of nitrogen functional groups attached to an aromatic ring is 1. The minimum absolute atomic E-state index is 0.316. The van der Waals surface area contributed by atoms with Gasteiger partial charge in [0.2, 0.25) is 5.91 Å². The van der Waals surface area contributed by atoms with Crippen LogP contribution in [-0.2, 0) is 4.79 Å². The topological polar surface area (TPSA) is 81.1 Å². The number of hydrogen-bond donors (Lipinski definition) is 3. The maximum Gasteiger partial charge on any atom is 0.217 e. The van der Waals surface area contributed by atoms with Crippen LogP contribution in [0.3, 0.4) is 0 Å². The van der Waals surface area contributed by atoms with Gasteiger partial charge in [-0.05, 0) is 18.6 Å². The standard InChI is InChI=1S/C10H13Cl2N3O/c11-6-4-8(13)9(5-7(6)12)15-3-1-2-10(14)16/h4-5,15H,1-3,13H2,(H2,14,16). The minimum Gasteiger partial charge on any atom is -0.397 e. The van der Waals surface area contributed by atoms with E-state index in [1.807, 2.05) is 0 Å². The number of rotatable bonds is 5. The van der Waals surface area contributed by atoms with Crippen molar-refractivity contribution in [2.75, 3.05) is 17.6 Å². The van der Waals surface area contributed by atoms with Gasteiger partial charge in [0.05, 0.1) is 21.4 Å². The van der Waals surface area contributed by atoms with E-state index in [1.54, 1.807) is 12.1 Å². The Labute approximate surface area is 104 Å². The van der Waals surface area contributed by atoms with Crippen LogP contribution in [0.2, 0.25) is 10.0 Å². The molecule has 0 heterocycles. The molecule has 0 aromatic heterocycles. The number of carbonyl (C=O) groups is 1. The molecule has 0 aliphatic heterocycles. The quantitative estimate of drug-likeness (QED) is 0.562. The summed E-state index contributed by atoms with van der Waals surface area (Å²) in [5.74, 6) is -0.316. The van der Waals surface area contributed by atoms with Gasteiger partial charge in [0.25, 0.3) is 0 Å². The molecule has 0 spiro atoms. The summed E-state index contributed by atoms with van der Waals surface area (Å²) >= 11 is 11.6. The fourth-order valence-corrected chi connectivity index (χ4v) is 1.54. The monoisotopic (exact) mass is 261 g/mol. The number of nitrogens with two attached hydrogens (primary N) is 2. The Morgan fingerprint density at radius 3 is 2.56 bits per heavy atom. The first-order chi connectivity index (χ1) is 7.50. The molecule has 0 radical (unpaired) electrons. The maximum atomic E-state index is 10.5. The highest BCUT2D eigenvalue weighted by Crippen LogP contribution is 2.30. The van der Waals surface area contributed by atoms with Gasteiger partial charge >= 0.3 is 0 Å². The SMILES string of the molecule is NC(=O)CCCNc1cc(Cl)c(Cl)cc1N. The summed E-state index contributed by atoms with van der Waals surface area (Å²) in [6.45, 7) is 0.602. The molecule has 5 N–H and O–H groups in total. The second kappa shape index (κ2) is 5.82. The third-order valence-electron chi connectivity index (χ3n) is 2.01. The molecule has 88 valence electrons. The summed E-state index contributed by atoms with van der Waals surface area (Å²) < 4.78 is 0. The molecule has 0 saturated carbocycles. The van der Waals surface area contributed by atoms with Gasteiger partial charge in [0, 0.05) is 13.0 Å². The molecule has 6 heteroatoms. The minimum atomic E-state index is -0.316. The maximum absolute atomic E-state index is 10.5. The van der Waals surface area contributed by atoms with Crippen molar-refractivity contribution in [2.24, 2.45) is 5.73 Å². The fraction of sp³-hybridized carbons (Fsp3) is 0.300. The zero-order valence-corrected chi connectivity index (χ0v) is 10.1. The van der Waals surface area contributed by atoms with Gasteiger partial charge in [-0.25, -0.2) is 0 Å². The van der Waals surface area contributed by atoms with Crippen LogP contribution in [0.5, 0.6) is 0 Å². The van der Waals surface area contributed by atoms with E-state index >= 15 is 0 Å². The lowest BCUT2D eigenvalue weighted by Gasteiger charge is -2.10. The summed E-state index contributed by atoms with van der Waals surface area (Å²) in [6.07, 6.45) is 0.989. The average Bonchev–Trinajstić information content (AvgIpc) is 2.19. The van der Waals surface area contributed by atoms with E-state index in [2.05, 4.69) is 5.32 Å². The zero-order chi connectivity index (χ0) is 12.1. The normalized spacial score (nSPS) is 10.1. The largest absolute Gasteiger partial charge is 0.397 e. The van der Waals surface area contributed by atoms with Crippen LogP contribution in [0.1, 0.15) is 12.8 Å². The predicted octanol–water partition coefficient (Wildman–Crippen LogP) is 2.25. The van der Waals surface area contributed by atoms with Crippen molar-refractivity contribution >= 4 is 40.5 Å². The number of nitrogens with one attached hydrogen (secondary N) is 1. The number of halogens is 2. The van der Waals surface area contributed by atoms with Crippen molar-refractivity contribution in [3.63, 3.8) is 0 Å². The Bertz CT molecular complexity index is 396. The van der Waals surface area contributed by atoms with Crippen molar-refractivity contribution in [1.29, 1.82) is 0 Å². The van der Waals surface area contributed by atoms with Crippen molar-refractivity contribution in [2.45, 2.75) is 12.8 Å². The molecule has 1 aromatic carbocycles. The van der Waals surface area contributed by atoms with E-state index in [4.69, 9.17) is 34.7 Å². The molecule has 0 aliphatic rings. The number of hydrogen-bond acceptors (Lipinski definition) is 3. The van der Waals surface area contributed by atoms with E-state index in [0.29, 0.717) is 40.8 Å². The predicted molar refractivity (Wildman–Crippen MR) is 67.8 cm³/mol. The van der Waals surface area contributed by atoms with Crippen LogP contribution in [0, 0.1) is 0 Å². The smallest absolute Gasteiger partial charge is 0.217 e. The van der Waals surface area contributed by atoms with Crippen molar-refractivity contribution in [1.82, 2.24) is 0 Å². The Morgan fingerprint density at radius 1 is 1.31 bits per heavy atom. The molecule has 0 fully saturated rings. The van der Waals surface area contributed by atoms with Gasteiger partial charge < -0.3 is 16.8 Å². The van der Waals surface area contributed by atoms with Gasteiger partial charge in [-0.15, -0.1) is 0 Å². The molecule has 0 unspecified atom stereocenters. The molecule has 0 bridgehead atoms. The first kappa shape index (κ1) is 12.9. The fourth-order valence-electron chi connectivity index (χ4n) is 1.20. The van der Waals surface area contributed by atoms with Crippen LogP contribution in [0.4, 0.5) is 11.4 Å². The lowest BCUT2D eigenvalue weighted by molar-refractivity contribution is -0.118. The van der Waals surface area contributed by atoms with Crippen LogP contribution in [-0.4, -0.2) is 12.5 Å². The lowest BCUT2D eigenvalue weighted by atomic mass is 10.2. The highest BCUT2D eigenvalue weighted by Gasteiger charge is 2.04. The molecule has 1 amide bonds. The van der Waals surface area contributed by atoms with Gasteiger partial charge in [0.1, 0.15) is 0 Å². The van der Waals surface area contributed by atoms with E-state index in [-0.39, 0.29) is 5.91 Å². The lowest BCUT2D eigenvalue weighted by Crippen LogP contribution is -2.13. The molecule has 1 rings (SSSR count). The summed E-state index contributed by atoms with van der Waals surface area (Å²) in [5.41, 5.74) is 12.0. The van der Waals surface area contributed by atoms with E-state index < -0.39 is 0 Å². The summed E-state index contributed by atoms with van der Waals surface area (Å²) in [7, 11) is 0. The average molecular weight is 262 g/mol. The second-order valence-electron chi connectivity index (χ2n) is 3.35. The number of amides is 1. The highest BCUT2D eigenvalue weighted by atomic mass is 35.5. The molecule has 0 saturated heterocycles. The van der Waals surface area contributed by atoms with Crippen molar-refractivity contribution < 1.29 is 4.79 Å². The van der Waals surface area contributed by atoms with Crippen molar-refractivity contribution in [3.8, 4) is 0 Å².